The number of fused-ring (bicyclic) bond motifs is 1. The molecule has 1 aliphatic heterocycles. The molecule has 2 heterocycles. The van der Waals surface area contributed by atoms with Crippen LogP contribution < -0.4 is 0 Å². The Bertz CT molecular complexity index is 559. The van der Waals surface area contributed by atoms with Gasteiger partial charge in [-0.1, -0.05) is 35.0 Å². The molecule has 0 amide bonds. The van der Waals surface area contributed by atoms with Crippen molar-refractivity contribution in [1.29, 1.82) is 0 Å². The Labute approximate surface area is 116 Å². The predicted molar refractivity (Wildman–Crippen MR) is 76.8 cm³/mol. The Hall–Kier alpha value is -1.09. The number of rotatable bonds is 2. The van der Waals surface area contributed by atoms with E-state index < -0.39 is 0 Å². The van der Waals surface area contributed by atoms with E-state index in [0.717, 1.165) is 17.4 Å². The summed E-state index contributed by atoms with van der Waals surface area (Å²) in [7, 11) is 0. The molecule has 1 unspecified atom stereocenters. The van der Waals surface area contributed by atoms with Gasteiger partial charge in [0, 0.05) is 29.6 Å². The summed E-state index contributed by atoms with van der Waals surface area (Å²) in [6, 6.07) is 8.47. The van der Waals surface area contributed by atoms with Gasteiger partial charge in [0.05, 0.1) is 5.69 Å². The fraction of sp³-hybridized carbons (Fsp3) is 0.400. The van der Waals surface area contributed by atoms with Gasteiger partial charge in [-0.05, 0) is 30.5 Å². The van der Waals surface area contributed by atoms with E-state index in [1.54, 1.807) is 0 Å². The van der Waals surface area contributed by atoms with Crippen LogP contribution in [0, 0.1) is 0 Å². The van der Waals surface area contributed by atoms with Crippen molar-refractivity contribution in [2.75, 3.05) is 0 Å². The molecule has 0 spiro atoms. The molecule has 2 nitrogen and oxygen atoms in total. The van der Waals surface area contributed by atoms with E-state index in [1.165, 1.54) is 29.9 Å². The lowest BCUT2D eigenvalue weighted by Crippen LogP contribution is -2.12. The zero-order chi connectivity index (χ0) is 12.5. The summed E-state index contributed by atoms with van der Waals surface area (Å²) in [5, 5.41) is 0. The molecule has 94 valence electrons. The van der Waals surface area contributed by atoms with Crippen LogP contribution in [0.15, 0.2) is 34.9 Å². The lowest BCUT2D eigenvalue weighted by molar-refractivity contribution is 0.463. The molecule has 1 aromatic heterocycles. The highest BCUT2D eigenvalue weighted by Gasteiger charge is 2.18. The second-order valence-corrected chi connectivity index (χ2v) is 6.05. The van der Waals surface area contributed by atoms with Crippen molar-refractivity contribution in [1.82, 2.24) is 9.55 Å². The molecule has 1 atom stereocenters. The zero-order valence-electron chi connectivity index (χ0n) is 10.6. The van der Waals surface area contributed by atoms with Crippen molar-refractivity contribution in [2.24, 2.45) is 0 Å². The Morgan fingerprint density at radius 2 is 2.33 bits per heavy atom. The number of hydrogen-bond acceptors (Lipinski definition) is 1. The lowest BCUT2D eigenvalue weighted by Gasteiger charge is -2.19. The maximum absolute atomic E-state index is 4.80. The van der Waals surface area contributed by atoms with Gasteiger partial charge in [0.2, 0.25) is 0 Å². The number of hydrogen-bond donors (Lipinski definition) is 0. The molecule has 0 fully saturated rings. The van der Waals surface area contributed by atoms with Gasteiger partial charge >= 0.3 is 0 Å². The van der Waals surface area contributed by atoms with E-state index in [0.29, 0.717) is 5.92 Å². The quantitative estimate of drug-likeness (QED) is 0.815. The molecular formula is C15H17BrN2. The maximum atomic E-state index is 4.80. The van der Waals surface area contributed by atoms with Gasteiger partial charge in [-0.3, -0.25) is 0 Å². The number of imidazole rings is 1. The van der Waals surface area contributed by atoms with Gasteiger partial charge in [0.15, 0.2) is 0 Å². The number of nitrogens with zero attached hydrogens (tertiary/aromatic N) is 2. The number of benzene rings is 1. The van der Waals surface area contributed by atoms with E-state index in [-0.39, 0.29) is 0 Å². The van der Waals surface area contributed by atoms with E-state index in [9.17, 15) is 0 Å². The summed E-state index contributed by atoms with van der Waals surface area (Å²) >= 11 is 3.52. The molecule has 0 aliphatic carbocycles. The van der Waals surface area contributed by atoms with Crippen molar-refractivity contribution in [2.45, 2.75) is 38.6 Å². The molecule has 18 heavy (non-hydrogen) atoms. The van der Waals surface area contributed by atoms with Gasteiger partial charge in [-0.15, -0.1) is 0 Å². The summed E-state index contributed by atoms with van der Waals surface area (Å²) in [5.41, 5.74) is 2.50. The number of aromatic nitrogens is 2. The summed E-state index contributed by atoms with van der Waals surface area (Å²) in [6.07, 6.45) is 5.70. The van der Waals surface area contributed by atoms with Crippen LogP contribution in [0.1, 0.15) is 42.8 Å². The van der Waals surface area contributed by atoms with Crippen LogP contribution >= 0.6 is 15.9 Å². The zero-order valence-corrected chi connectivity index (χ0v) is 12.2. The Morgan fingerprint density at radius 3 is 3.11 bits per heavy atom. The SMILES string of the molecule is CC1CCCn2cc(Cc3cccc(Br)c3)nc21. The molecule has 0 bridgehead atoms. The molecule has 0 radical (unpaired) electrons. The summed E-state index contributed by atoms with van der Waals surface area (Å²) < 4.78 is 3.47. The topological polar surface area (TPSA) is 17.8 Å². The fourth-order valence-corrected chi connectivity index (χ4v) is 3.14. The van der Waals surface area contributed by atoms with Gasteiger partial charge in [0.25, 0.3) is 0 Å². The van der Waals surface area contributed by atoms with Crippen molar-refractivity contribution in [3.8, 4) is 0 Å². The highest BCUT2D eigenvalue weighted by Crippen LogP contribution is 2.26. The van der Waals surface area contributed by atoms with Crippen LogP contribution in [-0.2, 0) is 13.0 Å². The van der Waals surface area contributed by atoms with Crippen molar-refractivity contribution < 1.29 is 0 Å². The second-order valence-electron chi connectivity index (χ2n) is 5.13. The van der Waals surface area contributed by atoms with Crippen LogP contribution in [-0.4, -0.2) is 9.55 Å². The molecule has 2 aromatic rings. The lowest BCUT2D eigenvalue weighted by atomic mass is 10.0. The first kappa shape index (κ1) is 12.0. The van der Waals surface area contributed by atoms with E-state index >= 15 is 0 Å². The van der Waals surface area contributed by atoms with E-state index in [1.807, 2.05) is 0 Å². The summed E-state index contributed by atoms with van der Waals surface area (Å²) in [6.45, 7) is 3.41. The second kappa shape index (κ2) is 4.88. The maximum Gasteiger partial charge on any atom is 0.111 e. The monoisotopic (exact) mass is 304 g/mol. The molecule has 3 heteroatoms. The van der Waals surface area contributed by atoms with Crippen LogP contribution in [0.4, 0.5) is 0 Å². The third-order valence-electron chi connectivity index (χ3n) is 3.61. The largest absolute Gasteiger partial charge is 0.334 e. The van der Waals surface area contributed by atoms with Gasteiger partial charge in [-0.25, -0.2) is 4.98 Å². The highest BCUT2D eigenvalue weighted by molar-refractivity contribution is 9.10. The number of aryl methyl sites for hydroxylation is 1. The minimum atomic E-state index is 0.606. The minimum Gasteiger partial charge on any atom is -0.334 e. The summed E-state index contributed by atoms with van der Waals surface area (Å²) in [5.74, 6) is 1.88. The molecule has 0 N–H and O–H groups in total. The third-order valence-corrected chi connectivity index (χ3v) is 4.10. The summed E-state index contributed by atoms with van der Waals surface area (Å²) in [4.78, 5) is 4.80. The van der Waals surface area contributed by atoms with E-state index in [2.05, 4.69) is 57.9 Å². The molecule has 0 saturated carbocycles. The molecule has 3 rings (SSSR count). The average molecular weight is 305 g/mol. The standard InChI is InChI=1S/C15H17BrN2/c1-11-4-3-7-18-10-14(17-15(11)18)9-12-5-2-6-13(16)8-12/h2,5-6,8,10-11H,3-4,7,9H2,1H3. The first-order valence-corrected chi connectivity index (χ1v) is 7.32. The smallest absolute Gasteiger partial charge is 0.111 e. The van der Waals surface area contributed by atoms with Crippen LogP contribution in [0.25, 0.3) is 0 Å². The van der Waals surface area contributed by atoms with Crippen LogP contribution in [0.2, 0.25) is 0 Å². The Morgan fingerprint density at radius 1 is 1.44 bits per heavy atom. The van der Waals surface area contributed by atoms with Gasteiger partial charge in [-0.2, -0.15) is 0 Å². The normalized spacial score (nSPS) is 18.7. The molecule has 1 aliphatic rings. The minimum absolute atomic E-state index is 0.606. The first-order valence-electron chi connectivity index (χ1n) is 6.53. The first-order chi connectivity index (χ1) is 8.72. The number of halogens is 1. The molecular weight excluding hydrogens is 288 g/mol. The van der Waals surface area contributed by atoms with Crippen molar-refractivity contribution >= 4 is 15.9 Å². The Kier molecular flexibility index (Phi) is 3.25. The predicted octanol–water partition coefficient (Wildman–Crippen LogP) is 4.13. The van der Waals surface area contributed by atoms with Crippen molar-refractivity contribution in [3.05, 3.63) is 52.0 Å². The van der Waals surface area contributed by atoms with Gasteiger partial charge < -0.3 is 4.57 Å². The van der Waals surface area contributed by atoms with Crippen LogP contribution in [0.5, 0.6) is 0 Å². The van der Waals surface area contributed by atoms with Crippen LogP contribution in [0.3, 0.4) is 0 Å². The van der Waals surface area contributed by atoms with E-state index in [4.69, 9.17) is 4.98 Å². The highest BCUT2D eigenvalue weighted by atomic mass is 79.9. The Balaban J connectivity index is 1.85. The van der Waals surface area contributed by atoms with Gasteiger partial charge in [0.1, 0.15) is 5.82 Å². The average Bonchev–Trinajstić information content (AvgIpc) is 2.73. The van der Waals surface area contributed by atoms with Crippen molar-refractivity contribution in [3.63, 3.8) is 0 Å². The molecule has 1 aromatic carbocycles. The third kappa shape index (κ3) is 2.37. The fourth-order valence-electron chi connectivity index (χ4n) is 2.70. The molecule has 0 saturated heterocycles.